The first-order valence-electron chi connectivity index (χ1n) is 6.57. The van der Waals surface area contributed by atoms with Crippen LogP contribution in [0, 0.1) is 5.92 Å². The van der Waals surface area contributed by atoms with Crippen LogP contribution in [-0.2, 0) is 11.2 Å². The van der Waals surface area contributed by atoms with Crippen molar-refractivity contribution in [2.24, 2.45) is 5.92 Å². The van der Waals surface area contributed by atoms with Crippen molar-refractivity contribution in [2.75, 3.05) is 0 Å². The fourth-order valence-corrected chi connectivity index (χ4v) is 3.61. The number of carbonyl (C=O) groups is 1. The molecule has 0 fully saturated rings. The number of carboxylic acid groups (broad SMARTS) is 1. The van der Waals surface area contributed by atoms with Crippen LogP contribution in [0.5, 0.6) is 0 Å². The molecule has 1 aromatic carbocycles. The third-order valence-corrected chi connectivity index (χ3v) is 4.43. The number of nitrogens with zero attached hydrogens (tertiary/aromatic N) is 1. The van der Waals surface area contributed by atoms with E-state index in [0.717, 1.165) is 10.0 Å². The number of rotatable bonds is 2. The number of H-pyrrole nitrogens is 1. The number of carboxylic acids is 1. The van der Waals surface area contributed by atoms with Gasteiger partial charge < -0.3 is 10.1 Å². The van der Waals surface area contributed by atoms with E-state index in [-0.39, 0.29) is 12.3 Å². The van der Waals surface area contributed by atoms with Gasteiger partial charge in [0, 0.05) is 4.47 Å². The third kappa shape index (κ3) is 2.21. The highest BCUT2D eigenvalue weighted by atomic mass is 79.9. The van der Waals surface area contributed by atoms with E-state index in [1.165, 1.54) is 4.57 Å². The van der Waals surface area contributed by atoms with Crippen molar-refractivity contribution in [3.05, 3.63) is 42.9 Å². The molecule has 0 bridgehead atoms. The lowest BCUT2D eigenvalue weighted by Gasteiger charge is -2.32. The molecule has 1 aromatic heterocycles. The van der Waals surface area contributed by atoms with Crippen LogP contribution in [0.4, 0.5) is 0 Å². The molecule has 2 aromatic rings. The predicted molar refractivity (Wildman–Crippen MR) is 80.7 cm³/mol. The van der Waals surface area contributed by atoms with Crippen molar-refractivity contribution < 1.29 is 9.90 Å². The van der Waals surface area contributed by atoms with Gasteiger partial charge in [0.15, 0.2) is 0 Å². The minimum Gasteiger partial charge on any atom is -0.481 e. The average molecular weight is 353 g/mol. The van der Waals surface area contributed by atoms with Gasteiger partial charge in [-0.25, -0.2) is 0 Å². The Morgan fingerprint density at radius 1 is 1.48 bits per heavy atom. The lowest BCUT2D eigenvalue weighted by molar-refractivity contribution is -0.138. The van der Waals surface area contributed by atoms with Crippen LogP contribution in [0.15, 0.2) is 26.2 Å². The van der Waals surface area contributed by atoms with Crippen molar-refractivity contribution in [1.29, 1.82) is 0 Å². The van der Waals surface area contributed by atoms with Crippen LogP contribution < -0.4 is 11.1 Å². The van der Waals surface area contributed by atoms with Gasteiger partial charge in [-0.05, 0) is 30.0 Å². The number of hydrogen-bond acceptors (Lipinski definition) is 3. The summed E-state index contributed by atoms with van der Waals surface area (Å²) in [5.41, 5.74) is 0.695. The minimum absolute atomic E-state index is 0.0365. The molecule has 3 rings (SSSR count). The molecule has 1 aliphatic rings. The maximum Gasteiger partial charge on any atom is 0.317 e. The Morgan fingerprint density at radius 2 is 2.19 bits per heavy atom. The van der Waals surface area contributed by atoms with Crippen LogP contribution in [0.3, 0.4) is 0 Å². The maximum atomic E-state index is 12.2. The van der Waals surface area contributed by atoms with Gasteiger partial charge in [0.25, 0.3) is 0 Å². The summed E-state index contributed by atoms with van der Waals surface area (Å²) in [4.78, 5) is 37.7. The molecule has 2 atom stereocenters. The largest absolute Gasteiger partial charge is 0.481 e. The summed E-state index contributed by atoms with van der Waals surface area (Å²) in [6.45, 7) is 1.90. The summed E-state index contributed by atoms with van der Waals surface area (Å²) in [5, 5.41) is 9.08. The lowest BCUT2D eigenvalue weighted by atomic mass is 9.87. The zero-order chi connectivity index (χ0) is 15.3. The number of benzene rings is 1. The van der Waals surface area contributed by atoms with Gasteiger partial charge in [-0.3, -0.25) is 19.0 Å². The third-order valence-electron chi connectivity index (χ3n) is 3.97. The Morgan fingerprint density at radius 3 is 2.86 bits per heavy atom. The van der Waals surface area contributed by atoms with Crippen LogP contribution in [-0.4, -0.2) is 20.6 Å². The van der Waals surface area contributed by atoms with Crippen molar-refractivity contribution >= 4 is 32.9 Å². The van der Waals surface area contributed by atoms with Crippen LogP contribution in [0.25, 0.3) is 11.0 Å². The second-order valence-electron chi connectivity index (χ2n) is 5.44. The van der Waals surface area contributed by atoms with E-state index in [1.54, 1.807) is 6.07 Å². The van der Waals surface area contributed by atoms with Gasteiger partial charge in [0.1, 0.15) is 0 Å². The summed E-state index contributed by atoms with van der Waals surface area (Å²) in [6.07, 6.45) is 0.495. The number of aromatic nitrogens is 2. The Labute approximate surface area is 127 Å². The smallest absolute Gasteiger partial charge is 0.317 e. The monoisotopic (exact) mass is 352 g/mol. The lowest BCUT2D eigenvalue weighted by Crippen LogP contribution is -2.43. The van der Waals surface area contributed by atoms with E-state index < -0.39 is 23.1 Å². The van der Waals surface area contributed by atoms with Crippen molar-refractivity contribution in [3.8, 4) is 0 Å². The maximum absolute atomic E-state index is 12.2. The molecule has 0 saturated carbocycles. The highest BCUT2D eigenvalue weighted by molar-refractivity contribution is 9.10. The molecule has 0 spiro atoms. The Kier molecular flexibility index (Phi) is 3.24. The Hall–Kier alpha value is -1.89. The van der Waals surface area contributed by atoms with Crippen molar-refractivity contribution in [3.63, 3.8) is 0 Å². The van der Waals surface area contributed by atoms with E-state index in [0.29, 0.717) is 17.5 Å². The minimum atomic E-state index is -0.979. The van der Waals surface area contributed by atoms with E-state index in [1.807, 2.05) is 13.0 Å². The quantitative estimate of drug-likeness (QED) is 0.804. The second kappa shape index (κ2) is 4.84. The molecule has 0 saturated heterocycles. The number of aliphatic carboxylic acids is 1. The normalized spacial score (nSPS) is 20.7. The van der Waals surface area contributed by atoms with Gasteiger partial charge >= 0.3 is 17.1 Å². The molecule has 0 amide bonds. The first kappa shape index (κ1) is 14.1. The molecule has 0 aliphatic carbocycles. The Balaban J connectivity index is 2.42. The van der Waals surface area contributed by atoms with Crippen molar-refractivity contribution in [1.82, 2.24) is 9.55 Å². The summed E-state index contributed by atoms with van der Waals surface area (Å²) in [5.74, 6) is -1.02. The van der Waals surface area contributed by atoms with E-state index in [4.69, 9.17) is 5.11 Å². The number of halogens is 1. The summed E-state index contributed by atoms with van der Waals surface area (Å²) >= 11 is 3.39. The van der Waals surface area contributed by atoms with Gasteiger partial charge in [-0.2, -0.15) is 0 Å². The Bertz CT molecular complexity index is 868. The standard InChI is InChI=1S/C14H13BrN2O4/c1-6-2-7-3-8(15)4-9-12(7)17(10(6)5-11(18)19)14(21)13(20)16-9/h3-4,6,10H,2,5H2,1H3,(H,16,20)(H,18,19). The predicted octanol–water partition coefficient (Wildman–Crippen LogP) is 1.66. The van der Waals surface area contributed by atoms with Crippen molar-refractivity contribution in [2.45, 2.75) is 25.8 Å². The molecule has 2 unspecified atom stereocenters. The van der Waals surface area contributed by atoms with Gasteiger partial charge in [-0.15, -0.1) is 0 Å². The zero-order valence-electron chi connectivity index (χ0n) is 11.2. The summed E-state index contributed by atoms with van der Waals surface area (Å²) < 4.78 is 2.17. The molecule has 21 heavy (non-hydrogen) atoms. The summed E-state index contributed by atoms with van der Waals surface area (Å²) in [7, 11) is 0. The first-order chi connectivity index (χ1) is 9.88. The molecule has 6 nitrogen and oxygen atoms in total. The SMILES string of the molecule is CC1Cc2cc(Br)cc3[nH]c(=O)c(=O)n(c23)C1CC(=O)O. The fraction of sp³-hybridized carbons (Fsp3) is 0.357. The fourth-order valence-electron chi connectivity index (χ4n) is 3.10. The van der Waals surface area contributed by atoms with Crippen LogP contribution in [0.2, 0.25) is 0 Å². The molecule has 0 radical (unpaired) electrons. The summed E-state index contributed by atoms with van der Waals surface area (Å²) in [6, 6.07) is 3.13. The van der Waals surface area contributed by atoms with Gasteiger partial charge in [0.05, 0.1) is 23.5 Å². The second-order valence-corrected chi connectivity index (χ2v) is 6.35. The topological polar surface area (TPSA) is 92.2 Å². The highest BCUT2D eigenvalue weighted by Crippen LogP contribution is 2.35. The van der Waals surface area contributed by atoms with Crippen LogP contribution >= 0.6 is 15.9 Å². The molecule has 1 aliphatic heterocycles. The van der Waals surface area contributed by atoms with Gasteiger partial charge in [-0.1, -0.05) is 22.9 Å². The number of hydrogen-bond donors (Lipinski definition) is 2. The van der Waals surface area contributed by atoms with Crippen LogP contribution in [0.1, 0.15) is 24.9 Å². The molecule has 7 heteroatoms. The molecular weight excluding hydrogens is 340 g/mol. The highest BCUT2D eigenvalue weighted by Gasteiger charge is 2.31. The first-order valence-corrected chi connectivity index (χ1v) is 7.36. The molecule has 110 valence electrons. The average Bonchev–Trinajstić information content (AvgIpc) is 2.37. The van der Waals surface area contributed by atoms with E-state index in [9.17, 15) is 14.4 Å². The van der Waals surface area contributed by atoms with E-state index in [2.05, 4.69) is 20.9 Å². The molecule has 2 N–H and O–H groups in total. The number of aromatic amines is 1. The van der Waals surface area contributed by atoms with Gasteiger partial charge in [0.2, 0.25) is 0 Å². The number of nitrogens with one attached hydrogen (secondary N) is 1. The molecular formula is C14H13BrN2O4. The molecule has 2 heterocycles. The zero-order valence-corrected chi connectivity index (χ0v) is 12.8. The van der Waals surface area contributed by atoms with E-state index >= 15 is 0 Å².